The van der Waals surface area contributed by atoms with Crippen molar-refractivity contribution < 1.29 is 19.4 Å². The summed E-state index contributed by atoms with van der Waals surface area (Å²) in [4.78, 5) is 29.4. The van der Waals surface area contributed by atoms with Crippen molar-refractivity contribution in [2.24, 2.45) is 4.99 Å². The fourth-order valence-electron chi connectivity index (χ4n) is 2.60. The van der Waals surface area contributed by atoms with Gasteiger partial charge in [-0.25, -0.2) is 9.79 Å². The summed E-state index contributed by atoms with van der Waals surface area (Å²) >= 11 is 13.1. The third-order valence-electron chi connectivity index (χ3n) is 4.12. The third-order valence-corrected chi connectivity index (χ3v) is 5.70. The first-order valence-electron chi connectivity index (χ1n) is 8.95. The number of amides is 1. The number of thioether (sulfide) groups is 1. The van der Waals surface area contributed by atoms with E-state index in [1.54, 1.807) is 55.5 Å². The summed E-state index contributed by atoms with van der Waals surface area (Å²) in [7, 11) is 0. The molecule has 3 rings (SSSR count). The van der Waals surface area contributed by atoms with E-state index in [4.69, 9.17) is 27.9 Å². The van der Waals surface area contributed by atoms with Gasteiger partial charge < -0.3 is 9.84 Å². The van der Waals surface area contributed by atoms with Gasteiger partial charge in [0.25, 0.3) is 5.91 Å². The van der Waals surface area contributed by atoms with Gasteiger partial charge in [0, 0.05) is 15.6 Å². The Morgan fingerprint density at radius 2 is 1.87 bits per heavy atom. The normalized spacial score (nSPS) is 16.4. The van der Waals surface area contributed by atoms with Crippen molar-refractivity contribution in [3.63, 3.8) is 0 Å². The molecule has 1 heterocycles. The Bertz CT molecular complexity index is 1100. The van der Waals surface area contributed by atoms with Gasteiger partial charge in [0.05, 0.1) is 11.5 Å². The highest BCUT2D eigenvalue weighted by molar-refractivity contribution is 8.18. The van der Waals surface area contributed by atoms with Crippen molar-refractivity contribution in [3.8, 4) is 0 Å². The Morgan fingerprint density at radius 3 is 2.50 bits per heavy atom. The molecule has 0 unspecified atom stereocenters. The molecule has 0 saturated heterocycles. The van der Waals surface area contributed by atoms with Gasteiger partial charge in [-0.2, -0.15) is 0 Å². The number of rotatable bonds is 4. The van der Waals surface area contributed by atoms with E-state index in [1.807, 2.05) is 6.92 Å². The second-order valence-electron chi connectivity index (χ2n) is 6.31. The van der Waals surface area contributed by atoms with Crippen LogP contribution in [0.25, 0.3) is 6.08 Å². The SMILES string of the molecule is CCOC(=O)C1=C(O)C(=Cc2ccc(Cl)cc2Cl)SC1=NC(=O)c1ccc(C)cc1. The average Bonchev–Trinajstić information content (AvgIpc) is 2.99. The predicted octanol–water partition coefficient (Wildman–Crippen LogP) is 6.00. The fraction of sp³-hybridized carbons (Fsp3) is 0.136. The smallest absolute Gasteiger partial charge is 0.344 e. The zero-order valence-electron chi connectivity index (χ0n) is 16.1. The lowest BCUT2D eigenvalue weighted by molar-refractivity contribution is -0.138. The number of carbonyl (C=O) groups excluding carboxylic acids is 2. The summed E-state index contributed by atoms with van der Waals surface area (Å²) in [6.07, 6.45) is 1.59. The lowest BCUT2D eigenvalue weighted by Gasteiger charge is -2.03. The number of carbonyl (C=O) groups is 2. The molecule has 30 heavy (non-hydrogen) atoms. The molecule has 0 fully saturated rings. The van der Waals surface area contributed by atoms with Gasteiger partial charge in [0.2, 0.25) is 0 Å². The van der Waals surface area contributed by atoms with Crippen molar-refractivity contribution in [2.75, 3.05) is 6.61 Å². The van der Waals surface area contributed by atoms with Crippen LogP contribution in [0.1, 0.15) is 28.4 Å². The number of aliphatic imine (C=N–C) groups is 1. The minimum atomic E-state index is -0.761. The molecule has 0 aromatic heterocycles. The molecule has 154 valence electrons. The van der Waals surface area contributed by atoms with Gasteiger partial charge in [0.15, 0.2) is 0 Å². The van der Waals surface area contributed by atoms with E-state index in [-0.39, 0.29) is 23.0 Å². The number of halogens is 2. The summed E-state index contributed by atoms with van der Waals surface area (Å²) in [5, 5.41) is 11.6. The van der Waals surface area contributed by atoms with Gasteiger partial charge in [-0.3, -0.25) is 4.79 Å². The van der Waals surface area contributed by atoms with E-state index in [1.165, 1.54) is 0 Å². The summed E-state index contributed by atoms with van der Waals surface area (Å²) in [6, 6.07) is 11.8. The minimum Gasteiger partial charge on any atom is -0.506 e. The number of aliphatic hydroxyl groups is 1. The Hall–Kier alpha value is -2.54. The van der Waals surface area contributed by atoms with Crippen LogP contribution in [0.3, 0.4) is 0 Å². The van der Waals surface area contributed by atoms with Crippen molar-refractivity contribution >= 4 is 58.0 Å². The first-order chi connectivity index (χ1) is 14.3. The summed E-state index contributed by atoms with van der Waals surface area (Å²) in [5.41, 5.74) is 1.81. The Morgan fingerprint density at radius 1 is 1.17 bits per heavy atom. The Kier molecular flexibility index (Phi) is 7.02. The van der Waals surface area contributed by atoms with Crippen LogP contribution in [-0.4, -0.2) is 28.6 Å². The maximum absolute atomic E-state index is 12.6. The summed E-state index contributed by atoms with van der Waals surface area (Å²) in [5.74, 6) is -1.61. The number of esters is 1. The van der Waals surface area contributed by atoms with Crippen molar-refractivity contribution in [3.05, 3.63) is 85.4 Å². The number of aryl methyl sites for hydroxylation is 1. The fourth-order valence-corrected chi connectivity index (χ4v) is 4.07. The second-order valence-corrected chi connectivity index (χ2v) is 8.18. The zero-order chi connectivity index (χ0) is 21.8. The molecule has 0 bridgehead atoms. The number of hydrogen-bond acceptors (Lipinski definition) is 5. The highest BCUT2D eigenvalue weighted by Crippen LogP contribution is 2.40. The minimum absolute atomic E-state index is 0.0628. The van der Waals surface area contributed by atoms with E-state index in [0.29, 0.717) is 26.1 Å². The predicted molar refractivity (Wildman–Crippen MR) is 121 cm³/mol. The molecule has 0 saturated carbocycles. The van der Waals surface area contributed by atoms with E-state index in [9.17, 15) is 14.7 Å². The molecule has 0 radical (unpaired) electrons. The van der Waals surface area contributed by atoms with E-state index in [2.05, 4.69) is 4.99 Å². The quantitative estimate of drug-likeness (QED) is 0.564. The van der Waals surface area contributed by atoms with Crippen LogP contribution in [0.15, 0.2) is 63.7 Å². The van der Waals surface area contributed by atoms with E-state index in [0.717, 1.165) is 17.3 Å². The van der Waals surface area contributed by atoms with Crippen molar-refractivity contribution in [1.29, 1.82) is 0 Å². The molecule has 5 nitrogen and oxygen atoms in total. The maximum Gasteiger partial charge on any atom is 0.344 e. The van der Waals surface area contributed by atoms with Gasteiger partial charge in [-0.1, -0.05) is 58.7 Å². The number of benzene rings is 2. The molecule has 1 aliphatic rings. The first kappa shape index (κ1) is 22.2. The summed E-state index contributed by atoms with van der Waals surface area (Å²) < 4.78 is 5.03. The number of hydrogen-bond donors (Lipinski definition) is 1. The van der Waals surface area contributed by atoms with Gasteiger partial charge >= 0.3 is 5.97 Å². The van der Waals surface area contributed by atoms with Crippen LogP contribution in [-0.2, 0) is 9.53 Å². The third kappa shape index (κ3) is 4.95. The van der Waals surface area contributed by atoms with Gasteiger partial charge in [-0.15, -0.1) is 0 Å². The topological polar surface area (TPSA) is 76.0 Å². The number of aliphatic hydroxyl groups excluding tert-OH is 1. The molecule has 0 atom stereocenters. The van der Waals surface area contributed by atoms with Crippen molar-refractivity contribution in [2.45, 2.75) is 13.8 Å². The van der Waals surface area contributed by atoms with E-state index >= 15 is 0 Å². The second kappa shape index (κ2) is 9.51. The standard InChI is InChI=1S/C22H17Cl2NO4S/c1-3-29-22(28)18-19(26)17(10-14-8-9-15(23)11-16(14)24)30-21(18)25-20(27)13-6-4-12(2)5-7-13/h4-11,26H,3H2,1-2H3. The van der Waals surface area contributed by atoms with Crippen LogP contribution >= 0.6 is 35.0 Å². The average molecular weight is 462 g/mol. The highest BCUT2D eigenvalue weighted by atomic mass is 35.5. The molecule has 0 aliphatic carbocycles. The maximum atomic E-state index is 12.6. The molecule has 2 aromatic carbocycles. The monoisotopic (exact) mass is 461 g/mol. The molecular formula is C22H17Cl2NO4S. The molecule has 1 aliphatic heterocycles. The lowest BCUT2D eigenvalue weighted by Crippen LogP contribution is -2.14. The van der Waals surface area contributed by atoms with Crippen LogP contribution < -0.4 is 0 Å². The van der Waals surface area contributed by atoms with Crippen LogP contribution in [0, 0.1) is 6.92 Å². The molecular weight excluding hydrogens is 445 g/mol. The molecule has 1 amide bonds. The zero-order valence-corrected chi connectivity index (χ0v) is 18.4. The van der Waals surface area contributed by atoms with Crippen LogP contribution in [0.4, 0.5) is 0 Å². The van der Waals surface area contributed by atoms with Gasteiger partial charge in [0.1, 0.15) is 16.4 Å². The first-order valence-corrected chi connectivity index (χ1v) is 10.5. The molecule has 2 aromatic rings. The Labute approximate surface area is 188 Å². The highest BCUT2D eigenvalue weighted by Gasteiger charge is 2.34. The largest absolute Gasteiger partial charge is 0.506 e. The molecule has 8 heteroatoms. The molecule has 1 N–H and O–H groups in total. The number of ether oxygens (including phenoxy) is 1. The van der Waals surface area contributed by atoms with Gasteiger partial charge in [-0.05, 0) is 49.8 Å². The van der Waals surface area contributed by atoms with Crippen molar-refractivity contribution in [1.82, 2.24) is 0 Å². The summed E-state index contributed by atoms with van der Waals surface area (Å²) in [6.45, 7) is 3.67. The molecule has 0 spiro atoms. The lowest BCUT2D eigenvalue weighted by atomic mass is 10.1. The Balaban J connectivity index is 2.02. The number of nitrogens with zero attached hydrogens (tertiary/aromatic N) is 1. The van der Waals surface area contributed by atoms with E-state index < -0.39 is 11.9 Å². The van der Waals surface area contributed by atoms with Crippen LogP contribution in [0.5, 0.6) is 0 Å². The van der Waals surface area contributed by atoms with Crippen LogP contribution in [0.2, 0.25) is 10.0 Å².